The van der Waals surface area contributed by atoms with E-state index >= 15 is 0 Å². The van der Waals surface area contributed by atoms with Crippen LogP contribution < -0.4 is 5.32 Å². The molecule has 32 heavy (non-hydrogen) atoms. The van der Waals surface area contributed by atoms with Gasteiger partial charge in [0.2, 0.25) is 5.91 Å². The van der Waals surface area contributed by atoms with Crippen LogP contribution in [0.5, 0.6) is 0 Å². The Kier molecular flexibility index (Phi) is 6.05. The average molecular weight is 462 g/mol. The van der Waals surface area contributed by atoms with Gasteiger partial charge in [-0.25, -0.2) is 4.98 Å². The predicted octanol–water partition coefficient (Wildman–Crippen LogP) is 5.45. The van der Waals surface area contributed by atoms with Crippen LogP contribution in [-0.2, 0) is 11.3 Å². The molecule has 1 fully saturated rings. The maximum atomic E-state index is 12.9. The number of carbonyl (C=O) groups is 1. The zero-order valence-electron chi connectivity index (χ0n) is 17.6. The molecule has 0 unspecified atom stereocenters. The Hall–Kier alpha value is -2.97. The zero-order chi connectivity index (χ0) is 21.9. The van der Waals surface area contributed by atoms with Crippen LogP contribution >= 0.6 is 23.1 Å². The minimum Gasteiger partial charge on any atom is -0.301 e. The van der Waals surface area contributed by atoms with Crippen LogP contribution in [0, 0.1) is 0 Å². The van der Waals surface area contributed by atoms with Crippen molar-refractivity contribution in [1.82, 2.24) is 19.7 Å². The second kappa shape index (κ2) is 9.26. The molecule has 1 atom stereocenters. The molecule has 1 amide bonds. The Morgan fingerprint density at radius 2 is 1.84 bits per heavy atom. The molecule has 162 valence electrons. The molecule has 6 nitrogen and oxygen atoms in total. The smallest absolute Gasteiger partial charge is 0.239 e. The minimum atomic E-state index is -0.329. The summed E-state index contributed by atoms with van der Waals surface area (Å²) in [6.07, 6.45) is 2.31. The van der Waals surface area contributed by atoms with Gasteiger partial charge in [-0.05, 0) is 25.3 Å². The Labute approximate surface area is 195 Å². The summed E-state index contributed by atoms with van der Waals surface area (Å²) in [6.45, 7) is 2.60. The van der Waals surface area contributed by atoms with Crippen molar-refractivity contribution in [2.45, 2.75) is 42.6 Å². The van der Waals surface area contributed by atoms with Gasteiger partial charge in [-0.1, -0.05) is 72.4 Å². The van der Waals surface area contributed by atoms with Gasteiger partial charge in [-0.15, -0.1) is 21.5 Å². The molecule has 1 aliphatic rings. The molecule has 0 spiro atoms. The first-order valence-electron chi connectivity index (χ1n) is 10.6. The van der Waals surface area contributed by atoms with Gasteiger partial charge in [0.25, 0.3) is 0 Å². The zero-order valence-corrected chi connectivity index (χ0v) is 19.3. The SMILES string of the molecule is C[C@@H](Sc1nnc(C2CC2)n1Cc1ccccc1)C(=O)Nc1nc(-c2ccccc2)cs1. The largest absolute Gasteiger partial charge is 0.301 e. The van der Waals surface area contributed by atoms with Gasteiger partial charge in [0.1, 0.15) is 5.82 Å². The predicted molar refractivity (Wildman–Crippen MR) is 129 cm³/mol. The molecule has 4 aromatic rings. The molecule has 5 rings (SSSR count). The molecule has 8 heteroatoms. The van der Waals surface area contributed by atoms with Gasteiger partial charge in [0, 0.05) is 16.9 Å². The van der Waals surface area contributed by atoms with Crippen molar-refractivity contribution < 1.29 is 4.79 Å². The van der Waals surface area contributed by atoms with Crippen LogP contribution in [0.15, 0.2) is 71.2 Å². The van der Waals surface area contributed by atoms with E-state index in [0.717, 1.165) is 35.1 Å². The number of hydrogen-bond acceptors (Lipinski definition) is 6. The Morgan fingerprint density at radius 3 is 2.56 bits per heavy atom. The summed E-state index contributed by atoms with van der Waals surface area (Å²) in [5.74, 6) is 1.42. The average Bonchev–Trinajstić information content (AvgIpc) is 3.44. The fourth-order valence-electron chi connectivity index (χ4n) is 3.44. The van der Waals surface area contributed by atoms with Crippen LogP contribution in [0.4, 0.5) is 5.13 Å². The van der Waals surface area contributed by atoms with Gasteiger partial charge in [-0.3, -0.25) is 4.79 Å². The topological polar surface area (TPSA) is 72.7 Å². The lowest BCUT2D eigenvalue weighted by Crippen LogP contribution is -2.23. The second-order valence-electron chi connectivity index (χ2n) is 7.84. The van der Waals surface area contributed by atoms with E-state index in [1.807, 2.05) is 60.8 Å². The summed E-state index contributed by atoms with van der Waals surface area (Å²) in [5.41, 5.74) is 3.10. The number of thiazole rings is 1. The van der Waals surface area contributed by atoms with E-state index in [9.17, 15) is 4.79 Å². The van der Waals surface area contributed by atoms with E-state index in [-0.39, 0.29) is 11.2 Å². The molecule has 0 aliphatic heterocycles. The van der Waals surface area contributed by atoms with Crippen molar-refractivity contribution in [2.75, 3.05) is 5.32 Å². The summed E-state index contributed by atoms with van der Waals surface area (Å²) in [6, 6.07) is 20.3. The summed E-state index contributed by atoms with van der Waals surface area (Å²) >= 11 is 2.87. The molecule has 0 radical (unpaired) electrons. The van der Waals surface area contributed by atoms with Crippen LogP contribution in [0.2, 0.25) is 0 Å². The number of amides is 1. The summed E-state index contributed by atoms with van der Waals surface area (Å²) < 4.78 is 2.17. The molecule has 2 aromatic carbocycles. The maximum Gasteiger partial charge on any atom is 0.239 e. The van der Waals surface area contributed by atoms with Crippen LogP contribution in [0.3, 0.4) is 0 Å². The number of nitrogens with zero attached hydrogens (tertiary/aromatic N) is 4. The molecule has 2 aromatic heterocycles. The van der Waals surface area contributed by atoms with E-state index in [1.54, 1.807) is 0 Å². The van der Waals surface area contributed by atoms with Gasteiger partial charge < -0.3 is 9.88 Å². The van der Waals surface area contributed by atoms with Crippen molar-refractivity contribution in [3.63, 3.8) is 0 Å². The first kappa shape index (κ1) is 20.9. The highest BCUT2D eigenvalue weighted by Gasteiger charge is 2.31. The first-order valence-corrected chi connectivity index (χ1v) is 12.4. The lowest BCUT2D eigenvalue weighted by Gasteiger charge is -2.13. The fraction of sp³-hybridized carbons (Fsp3) is 0.250. The highest BCUT2D eigenvalue weighted by Crippen LogP contribution is 2.40. The number of hydrogen-bond donors (Lipinski definition) is 1. The Morgan fingerprint density at radius 1 is 1.12 bits per heavy atom. The fourth-order valence-corrected chi connectivity index (χ4v) is 5.01. The van der Waals surface area contributed by atoms with Crippen molar-refractivity contribution in [3.05, 3.63) is 77.4 Å². The molecule has 1 aliphatic carbocycles. The van der Waals surface area contributed by atoms with Crippen molar-refractivity contribution in [1.29, 1.82) is 0 Å². The second-order valence-corrected chi connectivity index (χ2v) is 10.0. The van der Waals surface area contributed by atoms with Gasteiger partial charge >= 0.3 is 0 Å². The number of carbonyl (C=O) groups excluding carboxylic acids is 1. The van der Waals surface area contributed by atoms with E-state index in [2.05, 4.69) is 37.2 Å². The molecule has 1 N–H and O–H groups in total. The summed E-state index contributed by atoms with van der Waals surface area (Å²) in [4.78, 5) is 17.4. The molecular weight excluding hydrogens is 438 g/mol. The molecular formula is C24H23N5OS2. The Balaban J connectivity index is 1.28. The van der Waals surface area contributed by atoms with Crippen molar-refractivity contribution >= 4 is 34.1 Å². The highest BCUT2D eigenvalue weighted by molar-refractivity contribution is 8.00. The highest BCUT2D eigenvalue weighted by atomic mass is 32.2. The number of thioether (sulfide) groups is 1. The summed E-state index contributed by atoms with van der Waals surface area (Å²) in [5, 5.41) is 14.9. The van der Waals surface area contributed by atoms with E-state index in [0.29, 0.717) is 17.6 Å². The third-order valence-corrected chi connectivity index (χ3v) is 7.16. The molecule has 1 saturated carbocycles. The minimum absolute atomic E-state index is 0.0915. The molecule has 0 bridgehead atoms. The van der Waals surface area contributed by atoms with Gasteiger partial charge in [0.05, 0.1) is 17.5 Å². The maximum absolute atomic E-state index is 12.9. The van der Waals surface area contributed by atoms with E-state index < -0.39 is 0 Å². The molecule has 0 saturated heterocycles. The van der Waals surface area contributed by atoms with Crippen molar-refractivity contribution in [2.24, 2.45) is 0 Å². The first-order chi connectivity index (χ1) is 15.7. The van der Waals surface area contributed by atoms with E-state index in [1.165, 1.54) is 28.7 Å². The van der Waals surface area contributed by atoms with E-state index in [4.69, 9.17) is 0 Å². The van der Waals surface area contributed by atoms with Crippen molar-refractivity contribution in [3.8, 4) is 11.3 Å². The number of nitrogens with one attached hydrogen (secondary N) is 1. The van der Waals surface area contributed by atoms with Crippen LogP contribution in [0.25, 0.3) is 11.3 Å². The monoisotopic (exact) mass is 461 g/mol. The normalized spacial score (nSPS) is 14.3. The number of rotatable bonds is 8. The third kappa shape index (κ3) is 4.76. The Bertz CT molecular complexity index is 1200. The summed E-state index contributed by atoms with van der Waals surface area (Å²) in [7, 11) is 0. The number of anilines is 1. The molecule has 2 heterocycles. The number of aromatic nitrogens is 4. The van der Waals surface area contributed by atoms with Crippen LogP contribution in [0.1, 0.15) is 37.1 Å². The third-order valence-electron chi connectivity index (χ3n) is 5.33. The van der Waals surface area contributed by atoms with Crippen LogP contribution in [-0.4, -0.2) is 30.9 Å². The lowest BCUT2D eigenvalue weighted by molar-refractivity contribution is -0.115. The van der Waals surface area contributed by atoms with Gasteiger partial charge in [-0.2, -0.15) is 0 Å². The number of benzene rings is 2. The standard InChI is InChI=1S/C24H23N5OS2/c1-16(22(30)26-23-25-20(15-31-23)18-10-6-3-7-11-18)32-24-28-27-21(19-12-13-19)29(24)14-17-8-4-2-5-9-17/h2-11,15-16,19H,12-14H2,1H3,(H,25,26,30)/t16-/m1/s1. The van der Waals surface area contributed by atoms with Gasteiger partial charge in [0.15, 0.2) is 10.3 Å². The lowest BCUT2D eigenvalue weighted by atomic mass is 10.2. The quantitative estimate of drug-likeness (QED) is 0.353.